The molecule has 36 heavy (non-hydrogen) atoms. The van der Waals surface area contributed by atoms with Gasteiger partial charge in [0, 0.05) is 18.4 Å². The Morgan fingerprint density at radius 2 is 1.64 bits per heavy atom. The zero-order valence-electron chi connectivity index (χ0n) is 21.7. The van der Waals surface area contributed by atoms with Gasteiger partial charge in [0.1, 0.15) is 11.5 Å². The van der Waals surface area contributed by atoms with Gasteiger partial charge in [0.15, 0.2) is 0 Å². The van der Waals surface area contributed by atoms with Crippen molar-refractivity contribution in [1.29, 1.82) is 0 Å². The van der Waals surface area contributed by atoms with Crippen LogP contribution < -0.4 is 0 Å². The molecule has 0 saturated heterocycles. The lowest BCUT2D eigenvalue weighted by atomic mass is 9.48. The second-order valence-electron chi connectivity index (χ2n) is 12.6. The van der Waals surface area contributed by atoms with Crippen LogP contribution in [0.3, 0.4) is 0 Å². The van der Waals surface area contributed by atoms with Gasteiger partial charge >= 0.3 is 0 Å². The van der Waals surface area contributed by atoms with Crippen molar-refractivity contribution in [1.82, 2.24) is 0 Å². The number of hydrogen-bond acceptors (Lipinski definition) is 4. The molecule has 2 aromatic carbocycles. The summed E-state index contributed by atoms with van der Waals surface area (Å²) >= 11 is 0. The maximum atomic E-state index is 13.2. The van der Waals surface area contributed by atoms with E-state index in [9.17, 15) is 20.1 Å². The number of aromatic hydroxyl groups is 1. The topological polar surface area (TPSA) is 77.8 Å². The van der Waals surface area contributed by atoms with Crippen LogP contribution in [0.4, 0.5) is 0 Å². The van der Waals surface area contributed by atoms with Gasteiger partial charge in [0.05, 0.1) is 12.7 Å². The van der Waals surface area contributed by atoms with Crippen molar-refractivity contribution < 1.29 is 20.1 Å². The molecule has 4 aliphatic carbocycles. The van der Waals surface area contributed by atoms with Gasteiger partial charge in [-0.15, -0.1) is 0 Å². The van der Waals surface area contributed by atoms with Gasteiger partial charge in [-0.1, -0.05) is 37.3 Å². The smallest absolute Gasteiger partial charge is 0.137 e. The summed E-state index contributed by atoms with van der Waals surface area (Å²) in [5, 5.41) is 29.7. The number of rotatable bonds is 11. The Bertz CT molecular complexity index is 1040. The second-order valence-corrected chi connectivity index (χ2v) is 12.6. The SMILES string of the molecule is C[C@@H](CC[C@H](O)c1ccc(O)c(CO)c1)Cc1cccc(CC(=O)CC23CC4CC(CC(C4)C2)C3)c1. The highest BCUT2D eigenvalue weighted by molar-refractivity contribution is 5.81. The summed E-state index contributed by atoms with van der Waals surface area (Å²) in [4.78, 5) is 13.2. The molecular formula is C32H42O4. The summed E-state index contributed by atoms with van der Waals surface area (Å²) in [5.41, 5.74) is 3.87. The lowest BCUT2D eigenvalue weighted by Crippen LogP contribution is -2.47. The third-order valence-corrected chi connectivity index (χ3v) is 9.31. The van der Waals surface area contributed by atoms with Crippen LogP contribution in [-0.2, 0) is 24.2 Å². The first-order chi connectivity index (χ1) is 17.3. The summed E-state index contributed by atoms with van der Waals surface area (Å²) in [6, 6.07) is 13.5. The van der Waals surface area contributed by atoms with Crippen LogP contribution in [-0.4, -0.2) is 21.1 Å². The summed E-state index contributed by atoms with van der Waals surface area (Å²) < 4.78 is 0. The van der Waals surface area contributed by atoms with Gasteiger partial charge in [-0.05, 0) is 116 Å². The van der Waals surface area contributed by atoms with E-state index in [1.807, 2.05) is 0 Å². The summed E-state index contributed by atoms with van der Waals surface area (Å²) in [5.74, 6) is 3.53. The number of carbonyl (C=O) groups is 1. The highest BCUT2D eigenvalue weighted by Gasteiger charge is 2.51. The number of carbonyl (C=O) groups excluding carboxylic acids is 1. The molecule has 4 nitrogen and oxygen atoms in total. The first-order valence-electron chi connectivity index (χ1n) is 14.0. The molecule has 0 unspecified atom stereocenters. The normalized spacial score (nSPS) is 28.2. The molecule has 0 aromatic heterocycles. The number of ketones is 1. The molecule has 0 amide bonds. The van der Waals surface area contributed by atoms with Gasteiger partial charge < -0.3 is 15.3 Å². The van der Waals surface area contributed by atoms with Gasteiger partial charge in [0.2, 0.25) is 0 Å². The molecule has 0 spiro atoms. The van der Waals surface area contributed by atoms with Gasteiger partial charge in [0.25, 0.3) is 0 Å². The molecule has 0 radical (unpaired) electrons. The van der Waals surface area contributed by atoms with Crippen molar-refractivity contribution in [2.75, 3.05) is 0 Å². The third kappa shape index (κ3) is 5.86. The maximum absolute atomic E-state index is 13.2. The van der Waals surface area contributed by atoms with Crippen LogP contribution in [0.5, 0.6) is 5.75 Å². The predicted molar refractivity (Wildman–Crippen MR) is 141 cm³/mol. The van der Waals surface area contributed by atoms with E-state index in [-0.39, 0.29) is 12.4 Å². The Kier molecular flexibility index (Phi) is 7.55. The third-order valence-electron chi connectivity index (χ3n) is 9.31. The number of aliphatic hydroxyl groups is 2. The minimum absolute atomic E-state index is 0.0538. The lowest BCUT2D eigenvalue weighted by Gasteiger charge is -2.56. The first-order valence-corrected chi connectivity index (χ1v) is 14.0. The van der Waals surface area contributed by atoms with Crippen LogP contribution in [0.1, 0.15) is 93.1 Å². The second kappa shape index (κ2) is 10.7. The average Bonchev–Trinajstić information content (AvgIpc) is 2.81. The zero-order chi connectivity index (χ0) is 25.3. The van der Waals surface area contributed by atoms with Crippen LogP contribution in [0.2, 0.25) is 0 Å². The van der Waals surface area contributed by atoms with E-state index < -0.39 is 6.10 Å². The Hall–Kier alpha value is -2.17. The quantitative estimate of drug-likeness (QED) is 0.346. The van der Waals surface area contributed by atoms with Crippen LogP contribution in [0.15, 0.2) is 42.5 Å². The predicted octanol–water partition coefficient (Wildman–Crippen LogP) is 6.30. The molecule has 4 bridgehead atoms. The summed E-state index contributed by atoms with van der Waals surface area (Å²) in [6.45, 7) is 1.96. The van der Waals surface area contributed by atoms with Crippen molar-refractivity contribution in [3.63, 3.8) is 0 Å². The fraction of sp³-hybridized carbons (Fsp3) is 0.594. The molecule has 4 aliphatic rings. The fourth-order valence-corrected chi connectivity index (χ4v) is 8.13. The fourth-order valence-electron chi connectivity index (χ4n) is 8.13. The lowest BCUT2D eigenvalue weighted by molar-refractivity contribution is -0.126. The molecule has 6 rings (SSSR count). The van der Waals surface area contributed by atoms with E-state index in [2.05, 4.69) is 31.2 Å². The molecule has 0 aliphatic heterocycles. The Balaban J connectivity index is 1.12. The zero-order valence-corrected chi connectivity index (χ0v) is 21.7. The number of phenols is 1. The number of aliphatic hydroxyl groups excluding tert-OH is 2. The Morgan fingerprint density at radius 1 is 0.972 bits per heavy atom. The van der Waals surface area contributed by atoms with Crippen LogP contribution >= 0.6 is 0 Å². The molecule has 3 N–H and O–H groups in total. The standard InChI is InChI=1S/C32H42O4/c1-21(5-7-30(35)27-6-8-31(36)28(15-27)20-33)9-22-3-2-4-23(10-22)14-29(34)19-32-16-24-11-25(17-32)13-26(12-24)18-32/h2-4,6,8,10,15,21,24-26,30,33,35-36H,5,7,9,11-14,16-20H2,1H3/t21-,24?,25?,26?,30-,32?/m0/s1. The van der Waals surface area contributed by atoms with Crippen molar-refractivity contribution in [2.24, 2.45) is 29.1 Å². The summed E-state index contributed by atoms with van der Waals surface area (Å²) in [7, 11) is 0. The average molecular weight is 491 g/mol. The Morgan fingerprint density at radius 3 is 2.31 bits per heavy atom. The highest BCUT2D eigenvalue weighted by atomic mass is 16.3. The van der Waals surface area contributed by atoms with Crippen molar-refractivity contribution in [3.8, 4) is 5.75 Å². The van der Waals surface area contributed by atoms with Crippen molar-refractivity contribution >= 4 is 5.78 Å². The van der Waals surface area contributed by atoms with E-state index in [1.165, 1.54) is 50.2 Å². The van der Waals surface area contributed by atoms with E-state index in [4.69, 9.17) is 0 Å². The maximum Gasteiger partial charge on any atom is 0.137 e. The van der Waals surface area contributed by atoms with Crippen molar-refractivity contribution in [2.45, 2.75) is 90.3 Å². The molecule has 2 atom stereocenters. The number of benzene rings is 2. The summed E-state index contributed by atoms with van der Waals surface area (Å²) in [6.07, 6.45) is 11.3. The molecule has 2 aromatic rings. The highest BCUT2D eigenvalue weighted by Crippen LogP contribution is 2.61. The van der Waals surface area contributed by atoms with Gasteiger partial charge in [-0.2, -0.15) is 0 Å². The molecule has 194 valence electrons. The van der Waals surface area contributed by atoms with E-state index in [1.54, 1.807) is 12.1 Å². The molecule has 4 fully saturated rings. The van der Waals surface area contributed by atoms with E-state index in [0.717, 1.165) is 48.1 Å². The minimum Gasteiger partial charge on any atom is -0.508 e. The molecular weight excluding hydrogens is 448 g/mol. The molecule has 4 heteroatoms. The van der Waals surface area contributed by atoms with E-state index in [0.29, 0.717) is 35.5 Å². The Labute approximate surface area is 215 Å². The van der Waals surface area contributed by atoms with Gasteiger partial charge in [-0.25, -0.2) is 0 Å². The molecule has 0 heterocycles. The van der Waals surface area contributed by atoms with Crippen molar-refractivity contribution in [3.05, 3.63) is 64.7 Å². The van der Waals surface area contributed by atoms with E-state index >= 15 is 0 Å². The first kappa shape index (κ1) is 25.5. The largest absolute Gasteiger partial charge is 0.508 e. The van der Waals surface area contributed by atoms with Gasteiger partial charge in [-0.3, -0.25) is 4.79 Å². The molecule has 4 saturated carbocycles. The minimum atomic E-state index is -0.619. The van der Waals surface area contributed by atoms with Crippen LogP contribution in [0, 0.1) is 29.1 Å². The monoisotopic (exact) mass is 490 g/mol. The number of Topliss-reactive ketones (excluding diaryl/α,β-unsaturated/α-hetero) is 1. The number of hydrogen-bond donors (Lipinski definition) is 3. The van der Waals surface area contributed by atoms with Crippen LogP contribution in [0.25, 0.3) is 0 Å².